The lowest BCUT2D eigenvalue weighted by atomic mass is 10.2. The fraction of sp³-hybridized carbons (Fsp3) is 0.300. The van der Waals surface area contributed by atoms with Crippen molar-refractivity contribution in [2.45, 2.75) is 19.9 Å². The second kappa shape index (κ2) is 3.78. The number of hydrogen-bond acceptors (Lipinski definition) is 4. The maximum Gasteiger partial charge on any atom is 0.235 e. The Morgan fingerprint density at radius 1 is 1.40 bits per heavy atom. The summed E-state index contributed by atoms with van der Waals surface area (Å²) in [5.74, 6) is 0.611. The molecule has 0 spiro atoms. The Morgan fingerprint density at radius 2 is 2.20 bits per heavy atom. The molecule has 0 bridgehead atoms. The Morgan fingerprint density at radius 3 is 2.80 bits per heavy atom. The van der Waals surface area contributed by atoms with E-state index in [9.17, 15) is 0 Å². The van der Waals surface area contributed by atoms with E-state index in [0.717, 1.165) is 11.4 Å². The molecule has 1 atom stereocenters. The van der Waals surface area contributed by atoms with Crippen LogP contribution < -0.4 is 5.73 Å². The maximum atomic E-state index is 5.79. The summed E-state index contributed by atoms with van der Waals surface area (Å²) in [6.07, 6.45) is 5.16. The first-order valence-electron chi connectivity index (χ1n) is 4.76. The molecule has 5 heteroatoms. The summed E-state index contributed by atoms with van der Waals surface area (Å²) < 4.78 is 1.76. The number of rotatable bonds is 2. The van der Waals surface area contributed by atoms with E-state index in [4.69, 9.17) is 5.73 Å². The quantitative estimate of drug-likeness (QED) is 0.790. The lowest BCUT2D eigenvalue weighted by Gasteiger charge is -2.08. The molecule has 0 saturated carbocycles. The first-order valence-corrected chi connectivity index (χ1v) is 4.76. The van der Waals surface area contributed by atoms with E-state index in [2.05, 4.69) is 15.0 Å². The van der Waals surface area contributed by atoms with Gasteiger partial charge < -0.3 is 5.73 Å². The van der Waals surface area contributed by atoms with Gasteiger partial charge in [0, 0.05) is 24.1 Å². The number of imidazole rings is 1. The molecule has 0 aromatic carbocycles. The third-order valence-corrected chi connectivity index (χ3v) is 2.06. The average Bonchev–Trinajstić information content (AvgIpc) is 2.69. The van der Waals surface area contributed by atoms with Crippen molar-refractivity contribution in [2.24, 2.45) is 5.73 Å². The lowest BCUT2D eigenvalue weighted by molar-refractivity contribution is 0.754. The van der Waals surface area contributed by atoms with E-state index >= 15 is 0 Å². The van der Waals surface area contributed by atoms with Crippen LogP contribution in [0, 0.1) is 6.92 Å². The van der Waals surface area contributed by atoms with Gasteiger partial charge in [-0.2, -0.15) is 0 Å². The lowest BCUT2D eigenvalue weighted by Crippen LogP contribution is -2.11. The number of aryl methyl sites for hydroxylation is 1. The minimum Gasteiger partial charge on any atom is -0.323 e. The zero-order valence-corrected chi connectivity index (χ0v) is 8.75. The van der Waals surface area contributed by atoms with Gasteiger partial charge in [-0.15, -0.1) is 0 Å². The Kier molecular flexibility index (Phi) is 2.47. The molecule has 1 unspecified atom stereocenters. The fourth-order valence-corrected chi connectivity index (χ4v) is 1.30. The van der Waals surface area contributed by atoms with Crippen LogP contribution in [-0.4, -0.2) is 19.5 Å². The van der Waals surface area contributed by atoms with Crippen molar-refractivity contribution < 1.29 is 0 Å². The van der Waals surface area contributed by atoms with E-state index in [-0.39, 0.29) is 6.04 Å². The third-order valence-electron chi connectivity index (χ3n) is 2.06. The molecule has 0 aliphatic rings. The second-order valence-electron chi connectivity index (χ2n) is 3.49. The first kappa shape index (κ1) is 9.79. The van der Waals surface area contributed by atoms with Gasteiger partial charge in [0.05, 0.1) is 5.69 Å². The van der Waals surface area contributed by atoms with Crippen molar-refractivity contribution in [3.05, 3.63) is 36.2 Å². The molecule has 2 aromatic heterocycles. The Labute approximate surface area is 88.0 Å². The maximum absolute atomic E-state index is 5.79. The van der Waals surface area contributed by atoms with Crippen LogP contribution in [0.15, 0.2) is 24.8 Å². The minimum absolute atomic E-state index is 0.0889. The van der Waals surface area contributed by atoms with Crippen molar-refractivity contribution >= 4 is 0 Å². The summed E-state index contributed by atoms with van der Waals surface area (Å²) >= 11 is 0. The van der Waals surface area contributed by atoms with Crippen LogP contribution in [-0.2, 0) is 0 Å². The molecule has 0 aliphatic heterocycles. The highest BCUT2D eigenvalue weighted by atomic mass is 15.2. The van der Waals surface area contributed by atoms with Gasteiger partial charge in [0.1, 0.15) is 6.33 Å². The SMILES string of the molecule is Cc1cc(C(C)N)nc(-n2ccnc2)n1. The van der Waals surface area contributed by atoms with Crippen LogP contribution in [0.5, 0.6) is 0 Å². The predicted molar refractivity (Wildman–Crippen MR) is 56.5 cm³/mol. The molecule has 2 aromatic rings. The Balaban J connectivity index is 2.49. The second-order valence-corrected chi connectivity index (χ2v) is 3.49. The molecule has 0 radical (unpaired) electrons. The van der Waals surface area contributed by atoms with Gasteiger partial charge in [-0.05, 0) is 19.9 Å². The molecule has 2 heterocycles. The van der Waals surface area contributed by atoms with Gasteiger partial charge in [-0.1, -0.05) is 0 Å². The van der Waals surface area contributed by atoms with Crippen LogP contribution in [0.3, 0.4) is 0 Å². The molecular formula is C10H13N5. The van der Waals surface area contributed by atoms with E-state index in [1.54, 1.807) is 23.3 Å². The van der Waals surface area contributed by atoms with Gasteiger partial charge >= 0.3 is 0 Å². The Bertz CT molecular complexity index is 447. The molecule has 0 aliphatic carbocycles. The normalized spacial score (nSPS) is 12.7. The zero-order valence-electron chi connectivity index (χ0n) is 8.75. The van der Waals surface area contributed by atoms with Crippen LogP contribution in [0.2, 0.25) is 0 Å². The molecular weight excluding hydrogens is 190 g/mol. The van der Waals surface area contributed by atoms with Crippen LogP contribution in [0.25, 0.3) is 5.95 Å². The highest BCUT2D eigenvalue weighted by Gasteiger charge is 2.06. The highest BCUT2D eigenvalue weighted by molar-refractivity contribution is 5.20. The topological polar surface area (TPSA) is 69.6 Å². The molecule has 78 valence electrons. The number of nitrogens with zero attached hydrogens (tertiary/aromatic N) is 4. The molecule has 2 N–H and O–H groups in total. The highest BCUT2D eigenvalue weighted by Crippen LogP contribution is 2.10. The molecule has 0 fully saturated rings. The zero-order chi connectivity index (χ0) is 10.8. The van der Waals surface area contributed by atoms with Crippen molar-refractivity contribution in [3.63, 3.8) is 0 Å². The minimum atomic E-state index is -0.0889. The van der Waals surface area contributed by atoms with E-state index < -0.39 is 0 Å². The van der Waals surface area contributed by atoms with Crippen molar-refractivity contribution in [2.75, 3.05) is 0 Å². The van der Waals surface area contributed by atoms with Crippen molar-refractivity contribution in [1.29, 1.82) is 0 Å². The summed E-state index contributed by atoms with van der Waals surface area (Å²) in [7, 11) is 0. The molecule has 5 nitrogen and oxygen atoms in total. The van der Waals surface area contributed by atoms with E-state index in [0.29, 0.717) is 5.95 Å². The number of nitrogens with two attached hydrogens (primary N) is 1. The van der Waals surface area contributed by atoms with Crippen LogP contribution in [0.4, 0.5) is 0 Å². The van der Waals surface area contributed by atoms with Crippen molar-refractivity contribution in [3.8, 4) is 5.95 Å². The summed E-state index contributed by atoms with van der Waals surface area (Å²) in [5.41, 5.74) is 7.53. The smallest absolute Gasteiger partial charge is 0.235 e. The average molecular weight is 203 g/mol. The van der Waals surface area contributed by atoms with Gasteiger partial charge in [-0.3, -0.25) is 4.57 Å². The largest absolute Gasteiger partial charge is 0.323 e. The summed E-state index contributed by atoms with van der Waals surface area (Å²) in [5, 5.41) is 0. The van der Waals surface area contributed by atoms with Crippen molar-refractivity contribution in [1.82, 2.24) is 19.5 Å². The fourth-order valence-electron chi connectivity index (χ4n) is 1.30. The van der Waals surface area contributed by atoms with Crippen LogP contribution >= 0.6 is 0 Å². The summed E-state index contributed by atoms with van der Waals surface area (Å²) in [4.78, 5) is 12.6. The first-order chi connectivity index (χ1) is 7.16. The standard InChI is InChI=1S/C10H13N5/c1-7-5-9(8(2)11)14-10(13-7)15-4-3-12-6-15/h3-6,8H,11H2,1-2H3. The Hall–Kier alpha value is -1.75. The van der Waals surface area contributed by atoms with E-state index in [1.807, 2.05) is 19.9 Å². The number of aromatic nitrogens is 4. The number of hydrogen-bond donors (Lipinski definition) is 1. The van der Waals surface area contributed by atoms with E-state index in [1.165, 1.54) is 0 Å². The monoisotopic (exact) mass is 203 g/mol. The van der Waals surface area contributed by atoms with Gasteiger partial charge in [-0.25, -0.2) is 15.0 Å². The molecule has 0 amide bonds. The molecule has 15 heavy (non-hydrogen) atoms. The predicted octanol–water partition coefficient (Wildman–Crippen LogP) is 0.990. The third kappa shape index (κ3) is 2.02. The van der Waals surface area contributed by atoms with Crippen LogP contribution in [0.1, 0.15) is 24.4 Å². The van der Waals surface area contributed by atoms with Gasteiger partial charge in [0.25, 0.3) is 0 Å². The van der Waals surface area contributed by atoms with Gasteiger partial charge in [0.2, 0.25) is 5.95 Å². The summed E-state index contributed by atoms with van der Waals surface area (Å²) in [6.45, 7) is 3.83. The van der Waals surface area contributed by atoms with Gasteiger partial charge in [0.15, 0.2) is 0 Å². The molecule has 2 rings (SSSR count). The summed E-state index contributed by atoms with van der Waals surface area (Å²) in [6, 6.07) is 1.81. The molecule has 0 saturated heterocycles.